The maximum atomic E-state index is 4.61. The molecule has 1 aromatic carbocycles. The minimum atomic E-state index is 0.150. The number of allylic oxidation sites excluding steroid dienone is 2. The summed E-state index contributed by atoms with van der Waals surface area (Å²) in [6, 6.07) is 8.76. The molecule has 2 heteroatoms. The highest BCUT2D eigenvalue weighted by atomic mass is 32.1. The Labute approximate surface area is 119 Å². The Morgan fingerprint density at radius 3 is 2.79 bits per heavy atom. The molecule has 1 aliphatic rings. The van der Waals surface area contributed by atoms with Gasteiger partial charge in [0.25, 0.3) is 0 Å². The molecule has 0 atom stereocenters. The van der Waals surface area contributed by atoms with E-state index in [1.54, 1.807) is 11.3 Å². The van der Waals surface area contributed by atoms with Gasteiger partial charge in [-0.1, -0.05) is 44.2 Å². The summed E-state index contributed by atoms with van der Waals surface area (Å²) in [5, 5.41) is 3.38. The minimum Gasteiger partial charge on any atom is -0.247 e. The lowest BCUT2D eigenvalue weighted by atomic mass is 9.79. The monoisotopic (exact) mass is 269 g/mol. The van der Waals surface area contributed by atoms with Crippen molar-refractivity contribution in [2.24, 2.45) is 5.41 Å². The van der Waals surface area contributed by atoms with Crippen LogP contribution in [0.25, 0.3) is 5.57 Å². The van der Waals surface area contributed by atoms with Gasteiger partial charge in [0.05, 0.1) is 5.01 Å². The van der Waals surface area contributed by atoms with Crippen LogP contribution in [0.15, 0.2) is 35.7 Å². The van der Waals surface area contributed by atoms with E-state index >= 15 is 0 Å². The zero-order valence-electron chi connectivity index (χ0n) is 11.7. The fourth-order valence-electron chi connectivity index (χ4n) is 2.88. The summed E-state index contributed by atoms with van der Waals surface area (Å²) in [6.07, 6.45) is 4.49. The Bertz CT molecular complexity index is 634. The molecule has 98 valence electrons. The number of benzene rings is 1. The highest BCUT2D eigenvalue weighted by Crippen LogP contribution is 2.42. The lowest BCUT2D eigenvalue weighted by molar-refractivity contribution is 0.497. The zero-order valence-corrected chi connectivity index (χ0v) is 12.6. The highest BCUT2D eigenvalue weighted by molar-refractivity contribution is 7.09. The zero-order chi connectivity index (χ0) is 13.5. The summed E-state index contributed by atoms with van der Waals surface area (Å²) >= 11 is 1.78. The van der Waals surface area contributed by atoms with E-state index in [1.165, 1.54) is 21.7 Å². The molecule has 0 unspecified atom stereocenters. The van der Waals surface area contributed by atoms with Gasteiger partial charge in [0.15, 0.2) is 0 Å². The van der Waals surface area contributed by atoms with Crippen molar-refractivity contribution in [3.05, 3.63) is 57.6 Å². The molecule has 0 bridgehead atoms. The van der Waals surface area contributed by atoms with Gasteiger partial charge in [0.1, 0.15) is 0 Å². The van der Waals surface area contributed by atoms with Gasteiger partial charge in [-0.15, -0.1) is 11.3 Å². The molecule has 1 aromatic heterocycles. The third-order valence-corrected chi connectivity index (χ3v) is 4.79. The van der Waals surface area contributed by atoms with Crippen molar-refractivity contribution in [3.63, 3.8) is 0 Å². The van der Waals surface area contributed by atoms with Gasteiger partial charge in [0.2, 0.25) is 0 Å². The van der Waals surface area contributed by atoms with Crippen LogP contribution < -0.4 is 0 Å². The first-order valence-corrected chi connectivity index (χ1v) is 7.64. The van der Waals surface area contributed by atoms with Crippen molar-refractivity contribution in [1.82, 2.24) is 4.98 Å². The molecule has 3 rings (SSSR count). The summed E-state index contributed by atoms with van der Waals surface area (Å²) in [5.74, 6) is 0. The Balaban J connectivity index is 1.89. The third-order valence-electron chi connectivity index (χ3n) is 3.82. The number of rotatable bonds is 3. The SMILES string of the molecule is Cc1csc(CC(C)(C)C2=CCc3ccccc32)n1. The van der Waals surface area contributed by atoms with Crippen molar-refractivity contribution in [3.8, 4) is 0 Å². The van der Waals surface area contributed by atoms with E-state index in [2.05, 4.69) is 61.5 Å². The first kappa shape index (κ1) is 12.6. The third kappa shape index (κ3) is 2.37. The molecule has 0 spiro atoms. The number of hydrogen-bond acceptors (Lipinski definition) is 2. The molecular formula is C17H19NS. The average molecular weight is 269 g/mol. The van der Waals surface area contributed by atoms with E-state index in [0.29, 0.717) is 0 Å². The van der Waals surface area contributed by atoms with Gasteiger partial charge in [-0.25, -0.2) is 4.98 Å². The molecule has 0 amide bonds. The van der Waals surface area contributed by atoms with Crippen LogP contribution in [0.4, 0.5) is 0 Å². The number of hydrogen-bond donors (Lipinski definition) is 0. The van der Waals surface area contributed by atoms with E-state index in [-0.39, 0.29) is 5.41 Å². The number of aryl methyl sites for hydroxylation is 1. The van der Waals surface area contributed by atoms with Gasteiger partial charge in [-0.3, -0.25) is 0 Å². The second kappa shape index (κ2) is 4.61. The predicted molar refractivity (Wildman–Crippen MR) is 82.5 cm³/mol. The summed E-state index contributed by atoms with van der Waals surface area (Å²) < 4.78 is 0. The largest absolute Gasteiger partial charge is 0.247 e. The van der Waals surface area contributed by atoms with E-state index < -0.39 is 0 Å². The fraction of sp³-hybridized carbons (Fsp3) is 0.353. The Kier molecular flexibility index (Phi) is 3.06. The maximum Gasteiger partial charge on any atom is 0.0936 e. The number of fused-ring (bicyclic) bond motifs is 1. The molecule has 0 fully saturated rings. The van der Waals surface area contributed by atoms with Crippen LogP contribution in [0.3, 0.4) is 0 Å². The van der Waals surface area contributed by atoms with E-state index in [4.69, 9.17) is 0 Å². The fourth-order valence-corrected chi connectivity index (χ4v) is 3.88. The summed E-state index contributed by atoms with van der Waals surface area (Å²) in [7, 11) is 0. The Morgan fingerprint density at radius 2 is 2.05 bits per heavy atom. The average Bonchev–Trinajstić information content (AvgIpc) is 2.95. The maximum absolute atomic E-state index is 4.61. The molecule has 0 saturated heterocycles. The summed E-state index contributed by atoms with van der Waals surface area (Å²) in [4.78, 5) is 4.61. The quantitative estimate of drug-likeness (QED) is 0.789. The molecule has 0 N–H and O–H groups in total. The van der Waals surface area contributed by atoms with E-state index in [0.717, 1.165) is 18.5 Å². The first-order valence-electron chi connectivity index (χ1n) is 6.76. The molecule has 2 aromatic rings. The Hall–Kier alpha value is -1.41. The molecule has 0 aliphatic heterocycles. The van der Waals surface area contributed by atoms with Crippen LogP contribution in [0.5, 0.6) is 0 Å². The van der Waals surface area contributed by atoms with Crippen molar-refractivity contribution < 1.29 is 0 Å². The van der Waals surface area contributed by atoms with Crippen molar-refractivity contribution in [1.29, 1.82) is 0 Å². The summed E-state index contributed by atoms with van der Waals surface area (Å²) in [6.45, 7) is 6.73. The molecule has 19 heavy (non-hydrogen) atoms. The van der Waals surface area contributed by atoms with E-state index in [9.17, 15) is 0 Å². The van der Waals surface area contributed by atoms with Crippen LogP contribution in [0, 0.1) is 12.3 Å². The molecular weight excluding hydrogens is 250 g/mol. The lowest BCUT2D eigenvalue weighted by Gasteiger charge is -2.26. The molecule has 1 heterocycles. The topological polar surface area (TPSA) is 12.9 Å². The number of nitrogens with zero attached hydrogens (tertiary/aromatic N) is 1. The smallest absolute Gasteiger partial charge is 0.0936 e. The van der Waals surface area contributed by atoms with E-state index in [1.807, 2.05) is 0 Å². The van der Waals surface area contributed by atoms with Crippen LogP contribution in [-0.2, 0) is 12.8 Å². The molecule has 0 radical (unpaired) electrons. The van der Waals surface area contributed by atoms with Crippen LogP contribution >= 0.6 is 11.3 Å². The van der Waals surface area contributed by atoms with Gasteiger partial charge in [-0.05, 0) is 35.5 Å². The normalized spacial score (nSPS) is 14.4. The van der Waals surface area contributed by atoms with Crippen molar-refractivity contribution in [2.75, 3.05) is 0 Å². The van der Waals surface area contributed by atoms with Crippen LogP contribution in [0.2, 0.25) is 0 Å². The van der Waals surface area contributed by atoms with Gasteiger partial charge >= 0.3 is 0 Å². The van der Waals surface area contributed by atoms with Crippen LogP contribution in [-0.4, -0.2) is 4.98 Å². The number of thiazole rings is 1. The minimum absolute atomic E-state index is 0.150. The lowest BCUT2D eigenvalue weighted by Crippen LogP contribution is -2.16. The summed E-state index contributed by atoms with van der Waals surface area (Å²) in [5.41, 5.74) is 5.66. The van der Waals surface area contributed by atoms with Gasteiger partial charge in [-0.2, -0.15) is 0 Å². The second-order valence-electron chi connectivity index (χ2n) is 5.92. The highest BCUT2D eigenvalue weighted by Gasteiger charge is 2.29. The molecule has 1 aliphatic carbocycles. The van der Waals surface area contributed by atoms with Crippen LogP contribution in [0.1, 0.15) is 35.7 Å². The van der Waals surface area contributed by atoms with Crippen molar-refractivity contribution >= 4 is 16.9 Å². The molecule has 0 saturated carbocycles. The first-order chi connectivity index (χ1) is 9.06. The predicted octanol–water partition coefficient (Wildman–Crippen LogP) is 4.66. The second-order valence-corrected chi connectivity index (χ2v) is 6.87. The van der Waals surface area contributed by atoms with Gasteiger partial charge < -0.3 is 0 Å². The van der Waals surface area contributed by atoms with Gasteiger partial charge in [0, 0.05) is 17.5 Å². The Morgan fingerprint density at radius 1 is 1.26 bits per heavy atom. The number of aromatic nitrogens is 1. The molecule has 1 nitrogen and oxygen atoms in total. The van der Waals surface area contributed by atoms with Crippen molar-refractivity contribution in [2.45, 2.75) is 33.6 Å². The standard InChI is InChI=1S/C17H19NS/c1-12-11-19-16(18-12)10-17(2,3)15-9-8-13-6-4-5-7-14(13)15/h4-7,9,11H,8,10H2,1-3H3.